The van der Waals surface area contributed by atoms with E-state index in [2.05, 4.69) is 27.7 Å². The molecule has 78 valence electrons. The van der Waals surface area contributed by atoms with Crippen LogP contribution >= 0.6 is 0 Å². The van der Waals surface area contributed by atoms with Crippen LogP contribution in [0.5, 0.6) is 0 Å². The van der Waals surface area contributed by atoms with Crippen molar-refractivity contribution in [2.45, 2.75) is 66.2 Å². The van der Waals surface area contributed by atoms with Gasteiger partial charge in [-0.1, -0.05) is 47.0 Å². The van der Waals surface area contributed by atoms with Crippen molar-refractivity contribution in [2.24, 2.45) is 17.3 Å². The van der Waals surface area contributed by atoms with E-state index in [1.165, 1.54) is 38.5 Å². The van der Waals surface area contributed by atoms with Crippen LogP contribution in [0.1, 0.15) is 66.2 Å². The third-order valence-corrected chi connectivity index (χ3v) is 3.89. The Balaban J connectivity index is 2.61. The maximum atomic E-state index is 2.42. The Kier molecular flexibility index (Phi) is 3.82. The number of rotatable bonds is 3. The van der Waals surface area contributed by atoms with Gasteiger partial charge in [0.1, 0.15) is 0 Å². The summed E-state index contributed by atoms with van der Waals surface area (Å²) in [5.74, 6) is 1.76. The zero-order valence-corrected chi connectivity index (χ0v) is 9.90. The molecule has 0 aliphatic heterocycles. The van der Waals surface area contributed by atoms with E-state index in [0.29, 0.717) is 5.41 Å². The Morgan fingerprint density at radius 2 is 1.46 bits per heavy atom. The van der Waals surface area contributed by atoms with E-state index in [9.17, 15) is 0 Å². The number of hydrogen-bond acceptors (Lipinski definition) is 0. The van der Waals surface area contributed by atoms with Crippen molar-refractivity contribution in [3.63, 3.8) is 0 Å². The first kappa shape index (κ1) is 11.1. The molecule has 0 aromatic rings. The Labute approximate surface area is 84.1 Å². The summed E-state index contributed by atoms with van der Waals surface area (Å²) in [5, 5.41) is 0. The quantitative estimate of drug-likeness (QED) is 0.596. The van der Waals surface area contributed by atoms with Gasteiger partial charge in [-0.15, -0.1) is 0 Å². The molecule has 0 aromatic heterocycles. The molecule has 0 unspecified atom stereocenters. The third kappa shape index (κ3) is 2.72. The molecule has 0 N–H and O–H groups in total. The molecule has 0 spiro atoms. The third-order valence-electron chi connectivity index (χ3n) is 3.89. The van der Waals surface area contributed by atoms with Crippen LogP contribution in [-0.2, 0) is 0 Å². The molecule has 13 heavy (non-hydrogen) atoms. The van der Waals surface area contributed by atoms with Gasteiger partial charge in [-0.05, 0) is 36.5 Å². The predicted octanol–water partition coefficient (Wildman–Crippen LogP) is 4.64. The lowest BCUT2D eigenvalue weighted by molar-refractivity contribution is 0.0880. The van der Waals surface area contributed by atoms with Crippen LogP contribution in [-0.4, -0.2) is 0 Å². The van der Waals surface area contributed by atoms with E-state index in [4.69, 9.17) is 0 Å². The zero-order valence-electron chi connectivity index (χ0n) is 9.90. The summed E-state index contributed by atoms with van der Waals surface area (Å²) in [5.41, 5.74) is 0.701. The Morgan fingerprint density at radius 3 is 1.85 bits per heavy atom. The molecule has 0 heterocycles. The SMILES string of the molecule is CC(C)CC1(C(C)C)CCCCC1. The number of hydrogen-bond donors (Lipinski definition) is 0. The molecule has 1 aliphatic carbocycles. The van der Waals surface area contributed by atoms with Gasteiger partial charge in [-0.25, -0.2) is 0 Å². The molecule has 0 radical (unpaired) electrons. The Morgan fingerprint density at radius 1 is 0.923 bits per heavy atom. The van der Waals surface area contributed by atoms with Crippen LogP contribution in [0.4, 0.5) is 0 Å². The maximum absolute atomic E-state index is 2.42. The first-order valence-corrected chi connectivity index (χ1v) is 6.07. The normalized spacial score (nSPS) is 22.6. The van der Waals surface area contributed by atoms with Crippen LogP contribution < -0.4 is 0 Å². The first-order valence-electron chi connectivity index (χ1n) is 6.07. The van der Waals surface area contributed by atoms with Gasteiger partial charge in [-0.3, -0.25) is 0 Å². The minimum absolute atomic E-state index is 0.701. The molecule has 0 atom stereocenters. The fourth-order valence-electron chi connectivity index (χ4n) is 3.09. The molecule has 1 aliphatic rings. The lowest BCUT2D eigenvalue weighted by Crippen LogP contribution is -2.31. The molecule has 1 saturated carbocycles. The lowest BCUT2D eigenvalue weighted by Gasteiger charge is -2.42. The molecular weight excluding hydrogens is 156 g/mol. The minimum Gasteiger partial charge on any atom is -0.0628 e. The van der Waals surface area contributed by atoms with Crippen molar-refractivity contribution in [3.05, 3.63) is 0 Å². The second kappa shape index (κ2) is 4.48. The first-order chi connectivity index (χ1) is 6.07. The standard InChI is InChI=1S/C13H26/c1-11(2)10-13(12(3)4)8-6-5-7-9-13/h11-12H,5-10H2,1-4H3. The van der Waals surface area contributed by atoms with Crippen molar-refractivity contribution >= 4 is 0 Å². The lowest BCUT2D eigenvalue weighted by atomic mass is 9.63. The fraction of sp³-hybridized carbons (Fsp3) is 1.00. The van der Waals surface area contributed by atoms with Crippen molar-refractivity contribution in [3.8, 4) is 0 Å². The van der Waals surface area contributed by atoms with Crippen molar-refractivity contribution in [1.82, 2.24) is 0 Å². The van der Waals surface area contributed by atoms with Gasteiger partial charge in [0, 0.05) is 0 Å². The van der Waals surface area contributed by atoms with E-state index < -0.39 is 0 Å². The summed E-state index contributed by atoms with van der Waals surface area (Å²) in [6, 6.07) is 0. The maximum Gasteiger partial charge on any atom is -0.0272 e. The van der Waals surface area contributed by atoms with Crippen LogP contribution in [0.25, 0.3) is 0 Å². The van der Waals surface area contributed by atoms with Gasteiger partial charge >= 0.3 is 0 Å². The van der Waals surface area contributed by atoms with Crippen LogP contribution in [0.3, 0.4) is 0 Å². The van der Waals surface area contributed by atoms with E-state index in [0.717, 1.165) is 11.8 Å². The van der Waals surface area contributed by atoms with E-state index >= 15 is 0 Å². The van der Waals surface area contributed by atoms with E-state index in [-0.39, 0.29) is 0 Å². The monoisotopic (exact) mass is 182 g/mol. The van der Waals surface area contributed by atoms with Crippen molar-refractivity contribution in [2.75, 3.05) is 0 Å². The molecule has 1 fully saturated rings. The smallest absolute Gasteiger partial charge is 0.0272 e. The summed E-state index contributed by atoms with van der Waals surface area (Å²) in [7, 11) is 0. The highest BCUT2D eigenvalue weighted by molar-refractivity contribution is 4.86. The molecule has 0 saturated heterocycles. The highest BCUT2D eigenvalue weighted by Gasteiger charge is 2.35. The van der Waals surface area contributed by atoms with Crippen molar-refractivity contribution < 1.29 is 0 Å². The Hall–Kier alpha value is 0. The average Bonchev–Trinajstić information content (AvgIpc) is 2.04. The van der Waals surface area contributed by atoms with Gasteiger partial charge in [0.15, 0.2) is 0 Å². The van der Waals surface area contributed by atoms with Crippen LogP contribution in [0.15, 0.2) is 0 Å². The molecular formula is C13H26. The highest BCUT2D eigenvalue weighted by atomic mass is 14.4. The van der Waals surface area contributed by atoms with Gasteiger partial charge in [-0.2, -0.15) is 0 Å². The topological polar surface area (TPSA) is 0 Å². The molecule has 0 amide bonds. The second-order valence-electron chi connectivity index (χ2n) is 5.68. The van der Waals surface area contributed by atoms with Gasteiger partial charge < -0.3 is 0 Å². The predicted molar refractivity (Wildman–Crippen MR) is 59.8 cm³/mol. The molecule has 1 rings (SSSR count). The van der Waals surface area contributed by atoms with Gasteiger partial charge in [0.2, 0.25) is 0 Å². The van der Waals surface area contributed by atoms with Gasteiger partial charge in [0.05, 0.1) is 0 Å². The second-order valence-corrected chi connectivity index (χ2v) is 5.68. The highest BCUT2D eigenvalue weighted by Crippen LogP contribution is 2.46. The van der Waals surface area contributed by atoms with E-state index in [1.807, 2.05) is 0 Å². The van der Waals surface area contributed by atoms with E-state index in [1.54, 1.807) is 0 Å². The summed E-state index contributed by atoms with van der Waals surface area (Å²) in [4.78, 5) is 0. The summed E-state index contributed by atoms with van der Waals surface area (Å²) in [6.45, 7) is 9.60. The van der Waals surface area contributed by atoms with Crippen LogP contribution in [0.2, 0.25) is 0 Å². The summed E-state index contributed by atoms with van der Waals surface area (Å²) >= 11 is 0. The molecule has 0 aromatic carbocycles. The molecule has 0 nitrogen and oxygen atoms in total. The largest absolute Gasteiger partial charge is 0.0628 e. The zero-order chi connectivity index (χ0) is 9.90. The fourth-order valence-corrected chi connectivity index (χ4v) is 3.09. The summed E-state index contributed by atoms with van der Waals surface area (Å²) < 4.78 is 0. The van der Waals surface area contributed by atoms with Crippen molar-refractivity contribution in [1.29, 1.82) is 0 Å². The average molecular weight is 182 g/mol. The summed E-state index contributed by atoms with van der Waals surface area (Å²) in [6.07, 6.45) is 8.86. The van der Waals surface area contributed by atoms with Crippen LogP contribution in [0, 0.1) is 17.3 Å². The Bertz CT molecular complexity index is 138. The molecule has 0 heteroatoms. The van der Waals surface area contributed by atoms with Gasteiger partial charge in [0.25, 0.3) is 0 Å². The molecule has 0 bridgehead atoms. The minimum atomic E-state index is 0.701.